The molecule has 0 atom stereocenters. The summed E-state index contributed by atoms with van der Waals surface area (Å²) in [6, 6.07) is 18.8. The van der Waals surface area contributed by atoms with Crippen molar-refractivity contribution in [3.8, 4) is 5.69 Å². The third-order valence-corrected chi connectivity index (χ3v) is 6.23. The minimum Gasteiger partial charge on any atom is -0.335 e. The first-order valence-corrected chi connectivity index (χ1v) is 11.0. The summed E-state index contributed by atoms with van der Waals surface area (Å²) < 4.78 is 1.76. The van der Waals surface area contributed by atoms with Crippen molar-refractivity contribution < 1.29 is 9.59 Å². The molecule has 1 aliphatic carbocycles. The molecule has 5 rings (SSSR count). The Morgan fingerprint density at radius 2 is 1.45 bits per heavy atom. The summed E-state index contributed by atoms with van der Waals surface area (Å²) in [6.07, 6.45) is 2.25. The first-order chi connectivity index (χ1) is 15.1. The van der Waals surface area contributed by atoms with Gasteiger partial charge < -0.3 is 9.80 Å². The molecule has 6 nitrogen and oxygen atoms in total. The lowest BCUT2D eigenvalue weighted by molar-refractivity contribution is 0.0530. The van der Waals surface area contributed by atoms with Crippen LogP contribution in [0.5, 0.6) is 0 Å². The van der Waals surface area contributed by atoms with Crippen LogP contribution >= 0.6 is 11.6 Å². The minimum atomic E-state index is -0.0944. The Kier molecular flexibility index (Phi) is 5.24. The number of para-hydroxylation sites is 1. The molecule has 0 bridgehead atoms. The summed E-state index contributed by atoms with van der Waals surface area (Å²) in [5, 5.41) is 5.19. The molecule has 1 saturated heterocycles. The Hall–Kier alpha value is -3.12. The average molecular weight is 435 g/mol. The fourth-order valence-corrected chi connectivity index (χ4v) is 4.19. The normalized spacial score (nSPS) is 16.4. The molecule has 2 amide bonds. The van der Waals surface area contributed by atoms with Crippen LogP contribution < -0.4 is 0 Å². The molecule has 0 N–H and O–H groups in total. The van der Waals surface area contributed by atoms with Crippen LogP contribution in [0.15, 0.2) is 60.7 Å². The maximum absolute atomic E-state index is 13.4. The predicted molar refractivity (Wildman–Crippen MR) is 119 cm³/mol. The van der Waals surface area contributed by atoms with Gasteiger partial charge in [0.25, 0.3) is 11.8 Å². The van der Waals surface area contributed by atoms with E-state index in [2.05, 4.69) is 0 Å². The van der Waals surface area contributed by atoms with Gasteiger partial charge in [-0.2, -0.15) is 5.10 Å². The van der Waals surface area contributed by atoms with Gasteiger partial charge in [0, 0.05) is 32.1 Å². The number of rotatable bonds is 4. The Labute approximate surface area is 186 Å². The Morgan fingerprint density at radius 1 is 0.839 bits per heavy atom. The van der Waals surface area contributed by atoms with Gasteiger partial charge in [0.1, 0.15) is 5.69 Å². The minimum absolute atomic E-state index is 0.0481. The van der Waals surface area contributed by atoms with E-state index in [1.54, 1.807) is 27.8 Å². The van der Waals surface area contributed by atoms with Crippen LogP contribution in [-0.4, -0.2) is 57.6 Å². The van der Waals surface area contributed by atoms with Gasteiger partial charge in [-0.25, -0.2) is 4.68 Å². The van der Waals surface area contributed by atoms with E-state index in [0.29, 0.717) is 48.4 Å². The van der Waals surface area contributed by atoms with Gasteiger partial charge in [0.05, 0.1) is 22.0 Å². The maximum Gasteiger partial charge on any atom is 0.272 e. The lowest BCUT2D eigenvalue weighted by atomic mass is 10.1. The predicted octanol–water partition coefficient (Wildman–Crippen LogP) is 4.00. The first-order valence-electron chi connectivity index (χ1n) is 10.6. The molecular weight excluding hydrogens is 412 g/mol. The average Bonchev–Trinajstić information content (AvgIpc) is 3.57. The van der Waals surface area contributed by atoms with Crippen LogP contribution in [0.25, 0.3) is 5.69 Å². The highest BCUT2D eigenvalue weighted by atomic mass is 35.5. The highest BCUT2D eigenvalue weighted by Crippen LogP contribution is 2.40. The number of amides is 2. The zero-order chi connectivity index (χ0) is 21.4. The summed E-state index contributed by atoms with van der Waals surface area (Å²) in [6.45, 7) is 1.91. The van der Waals surface area contributed by atoms with Crippen molar-refractivity contribution in [1.29, 1.82) is 0 Å². The van der Waals surface area contributed by atoms with Crippen LogP contribution in [0, 0.1) is 0 Å². The summed E-state index contributed by atoms with van der Waals surface area (Å²) in [7, 11) is 0. The van der Waals surface area contributed by atoms with Crippen LogP contribution in [0.4, 0.5) is 0 Å². The molecule has 2 aliphatic rings. The van der Waals surface area contributed by atoms with E-state index >= 15 is 0 Å². The summed E-state index contributed by atoms with van der Waals surface area (Å²) in [5.41, 5.74) is 2.95. The van der Waals surface area contributed by atoms with Gasteiger partial charge in [-0.05, 0) is 43.2 Å². The smallest absolute Gasteiger partial charge is 0.272 e. The molecule has 158 valence electrons. The second-order valence-corrected chi connectivity index (χ2v) is 8.45. The topological polar surface area (TPSA) is 58.4 Å². The van der Waals surface area contributed by atoms with Gasteiger partial charge in [-0.15, -0.1) is 0 Å². The van der Waals surface area contributed by atoms with Crippen molar-refractivity contribution in [2.75, 3.05) is 26.2 Å². The van der Waals surface area contributed by atoms with Crippen molar-refractivity contribution in [2.45, 2.75) is 18.8 Å². The monoisotopic (exact) mass is 434 g/mol. The molecular formula is C24H23ClN4O2. The zero-order valence-corrected chi connectivity index (χ0v) is 17.8. The largest absolute Gasteiger partial charge is 0.335 e. The van der Waals surface area contributed by atoms with Crippen LogP contribution in [-0.2, 0) is 0 Å². The van der Waals surface area contributed by atoms with Crippen LogP contribution in [0.3, 0.4) is 0 Å². The third-order valence-electron chi connectivity index (χ3n) is 5.90. The number of halogens is 1. The fourth-order valence-electron chi connectivity index (χ4n) is 3.98. The number of piperazine rings is 1. The van der Waals surface area contributed by atoms with E-state index in [-0.39, 0.29) is 11.8 Å². The summed E-state index contributed by atoms with van der Waals surface area (Å²) in [4.78, 5) is 29.8. The Morgan fingerprint density at radius 3 is 2.10 bits per heavy atom. The van der Waals surface area contributed by atoms with E-state index in [0.717, 1.165) is 24.2 Å². The number of hydrogen-bond acceptors (Lipinski definition) is 3. The number of benzene rings is 2. The molecule has 2 aromatic carbocycles. The Bertz CT molecular complexity index is 1120. The van der Waals surface area contributed by atoms with E-state index in [1.807, 2.05) is 47.4 Å². The van der Waals surface area contributed by atoms with Gasteiger partial charge in [0.2, 0.25) is 0 Å². The highest BCUT2D eigenvalue weighted by Gasteiger charge is 2.32. The third kappa shape index (κ3) is 3.95. The van der Waals surface area contributed by atoms with Crippen molar-refractivity contribution in [1.82, 2.24) is 19.6 Å². The second kappa shape index (κ2) is 8.19. The molecule has 7 heteroatoms. The molecule has 1 aromatic heterocycles. The summed E-state index contributed by atoms with van der Waals surface area (Å²) in [5.74, 6) is 0.317. The lowest BCUT2D eigenvalue weighted by Crippen LogP contribution is -2.51. The van der Waals surface area contributed by atoms with Crippen LogP contribution in [0.2, 0.25) is 5.02 Å². The molecule has 2 heterocycles. The van der Waals surface area contributed by atoms with Crippen LogP contribution in [0.1, 0.15) is 45.3 Å². The molecule has 1 saturated carbocycles. The molecule has 0 spiro atoms. The standard InChI is InChI=1S/C24H23ClN4O2/c25-20-9-5-4-8-19(20)23(30)27-12-14-28(15-13-27)24(31)22-16-21(17-10-11-17)26-29(22)18-6-2-1-3-7-18/h1-9,16-17H,10-15H2. The van der Waals surface area contributed by atoms with E-state index < -0.39 is 0 Å². The molecule has 2 fully saturated rings. The molecule has 31 heavy (non-hydrogen) atoms. The molecule has 1 aliphatic heterocycles. The number of nitrogens with zero attached hydrogens (tertiary/aromatic N) is 4. The van der Waals surface area contributed by atoms with Gasteiger partial charge in [-0.1, -0.05) is 41.9 Å². The molecule has 0 unspecified atom stereocenters. The number of carbonyl (C=O) groups is 2. The van der Waals surface area contributed by atoms with E-state index in [1.165, 1.54) is 0 Å². The van der Waals surface area contributed by atoms with Crippen molar-refractivity contribution in [2.24, 2.45) is 0 Å². The Balaban J connectivity index is 1.33. The quantitative estimate of drug-likeness (QED) is 0.623. The second-order valence-electron chi connectivity index (χ2n) is 8.04. The van der Waals surface area contributed by atoms with Crippen molar-refractivity contribution >= 4 is 23.4 Å². The molecule has 3 aromatic rings. The van der Waals surface area contributed by atoms with Crippen molar-refractivity contribution in [3.63, 3.8) is 0 Å². The van der Waals surface area contributed by atoms with E-state index in [4.69, 9.17) is 16.7 Å². The summed E-state index contributed by atoms with van der Waals surface area (Å²) >= 11 is 6.18. The number of aromatic nitrogens is 2. The molecule has 0 radical (unpaired) electrons. The zero-order valence-electron chi connectivity index (χ0n) is 17.1. The lowest BCUT2D eigenvalue weighted by Gasteiger charge is -2.35. The van der Waals surface area contributed by atoms with E-state index in [9.17, 15) is 9.59 Å². The maximum atomic E-state index is 13.4. The number of carbonyl (C=O) groups excluding carboxylic acids is 2. The SMILES string of the molecule is O=C(c1ccccc1Cl)N1CCN(C(=O)c2cc(C3CC3)nn2-c2ccccc2)CC1. The van der Waals surface area contributed by atoms with Crippen molar-refractivity contribution in [3.05, 3.63) is 82.6 Å². The highest BCUT2D eigenvalue weighted by molar-refractivity contribution is 6.33. The van der Waals surface area contributed by atoms with Gasteiger partial charge in [0.15, 0.2) is 0 Å². The fraction of sp³-hybridized carbons (Fsp3) is 0.292. The number of hydrogen-bond donors (Lipinski definition) is 0. The van der Waals surface area contributed by atoms with Gasteiger partial charge >= 0.3 is 0 Å². The van der Waals surface area contributed by atoms with Gasteiger partial charge in [-0.3, -0.25) is 9.59 Å². The first kappa shape index (κ1) is 19.8.